The quantitative estimate of drug-likeness (QED) is 0.698. The summed E-state index contributed by atoms with van der Waals surface area (Å²) in [5, 5.41) is 2.82. The molecule has 0 fully saturated rings. The summed E-state index contributed by atoms with van der Waals surface area (Å²) in [5.41, 5.74) is 7.71. The lowest BCUT2D eigenvalue weighted by Gasteiger charge is -2.08. The highest BCUT2D eigenvalue weighted by molar-refractivity contribution is 5.95. The van der Waals surface area contributed by atoms with E-state index >= 15 is 0 Å². The first kappa shape index (κ1) is 12.9. The molecular formula is C13H16N4O2. The summed E-state index contributed by atoms with van der Waals surface area (Å²) in [5.74, 6) is 0.346. The summed E-state index contributed by atoms with van der Waals surface area (Å²) in [6.45, 7) is 0.535. The lowest BCUT2D eigenvalue weighted by atomic mass is 10.1. The summed E-state index contributed by atoms with van der Waals surface area (Å²) < 4.78 is 5.08. The fourth-order valence-electron chi connectivity index (χ4n) is 1.69. The minimum Gasteiger partial charge on any atom is -0.495 e. The first-order chi connectivity index (χ1) is 9.20. The highest BCUT2D eigenvalue weighted by atomic mass is 16.5. The van der Waals surface area contributed by atoms with E-state index in [0.29, 0.717) is 30.0 Å². The molecule has 1 aromatic carbocycles. The Labute approximate surface area is 111 Å². The number of nitrogens with two attached hydrogens (primary N) is 1. The van der Waals surface area contributed by atoms with Gasteiger partial charge < -0.3 is 20.8 Å². The molecule has 19 heavy (non-hydrogen) atoms. The van der Waals surface area contributed by atoms with Crippen LogP contribution in [0.4, 0.5) is 5.69 Å². The number of hydrogen-bond acceptors (Lipinski definition) is 4. The molecule has 1 aromatic heterocycles. The number of carbonyl (C=O) groups excluding carboxylic acids is 1. The Morgan fingerprint density at radius 3 is 3.05 bits per heavy atom. The van der Waals surface area contributed by atoms with Gasteiger partial charge in [0.1, 0.15) is 5.75 Å². The van der Waals surface area contributed by atoms with E-state index in [1.807, 2.05) is 0 Å². The maximum absolute atomic E-state index is 11.9. The molecule has 1 heterocycles. The number of carbonyl (C=O) groups is 1. The zero-order valence-electron chi connectivity index (χ0n) is 10.6. The molecule has 0 spiro atoms. The SMILES string of the molecule is COc1cc(C(=O)NCCc2cnc[nH]2)ccc1N. The molecule has 0 saturated heterocycles. The van der Waals surface area contributed by atoms with E-state index in [-0.39, 0.29) is 5.91 Å². The van der Waals surface area contributed by atoms with Crippen LogP contribution in [-0.4, -0.2) is 29.5 Å². The Morgan fingerprint density at radius 1 is 1.53 bits per heavy atom. The highest BCUT2D eigenvalue weighted by Gasteiger charge is 2.08. The van der Waals surface area contributed by atoms with Crippen LogP contribution in [0.25, 0.3) is 0 Å². The van der Waals surface area contributed by atoms with Crippen LogP contribution in [0.2, 0.25) is 0 Å². The first-order valence-corrected chi connectivity index (χ1v) is 5.89. The van der Waals surface area contributed by atoms with Crippen molar-refractivity contribution in [2.45, 2.75) is 6.42 Å². The Balaban J connectivity index is 1.92. The van der Waals surface area contributed by atoms with Crippen LogP contribution in [0.15, 0.2) is 30.7 Å². The van der Waals surface area contributed by atoms with Gasteiger partial charge in [0.05, 0.1) is 19.1 Å². The van der Waals surface area contributed by atoms with Crippen LogP contribution >= 0.6 is 0 Å². The third kappa shape index (κ3) is 3.25. The van der Waals surface area contributed by atoms with E-state index in [4.69, 9.17) is 10.5 Å². The van der Waals surface area contributed by atoms with Crippen molar-refractivity contribution in [3.05, 3.63) is 42.0 Å². The molecule has 1 amide bonds. The van der Waals surface area contributed by atoms with Crippen LogP contribution in [0.1, 0.15) is 16.1 Å². The number of imidazole rings is 1. The largest absolute Gasteiger partial charge is 0.495 e. The normalized spacial score (nSPS) is 10.2. The van der Waals surface area contributed by atoms with Gasteiger partial charge in [0.25, 0.3) is 5.91 Å². The van der Waals surface area contributed by atoms with Crippen LogP contribution < -0.4 is 15.8 Å². The number of hydrogen-bond donors (Lipinski definition) is 3. The molecule has 0 aliphatic carbocycles. The zero-order chi connectivity index (χ0) is 13.7. The Hall–Kier alpha value is -2.50. The van der Waals surface area contributed by atoms with Crippen LogP contribution in [0.5, 0.6) is 5.75 Å². The Morgan fingerprint density at radius 2 is 2.37 bits per heavy atom. The Kier molecular flexibility index (Phi) is 4.02. The number of methoxy groups -OCH3 is 1. The van der Waals surface area contributed by atoms with Crippen molar-refractivity contribution in [1.82, 2.24) is 15.3 Å². The van der Waals surface area contributed by atoms with Crippen molar-refractivity contribution in [3.8, 4) is 5.75 Å². The van der Waals surface area contributed by atoms with E-state index in [1.165, 1.54) is 7.11 Å². The molecule has 0 saturated carbocycles. The number of anilines is 1. The predicted molar refractivity (Wildman–Crippen MR) is 72.0 cm³/mol. The lowest BCUT2D eigenvalue weighted by molar-refractivity contribution is 0.0954. The number of nitrogens with one attached hydrogen (secondary N) is 2. The number of aromatic amines is 1. The molecule has 6 heteroatoms. The number of ether oxygens (including phenoxy) is 1. The van der Waals surface area contributed by atoms with Gasteiger partial charge in [-0.05, 0) is 18.2 Å². The summed E-state index contributed by atoms with van der Waals surface area (Å²) in [6, 6.07) is 4.95. The number of nitrogen functional groups attached to an aromatic ring is 1. The number of benzene rings is 1. The van der Waals surface area contributed by atoms with Gasteiger partial charge in [-0.15, -0.1) is 0 Å². The second-order valence-electron chi connectivity index (χ2n) is 4.04. The monoisotopic (exact) mass is 260 g/mol. The molecule has 0 aliphatic rings. The second-order valence-corrected chi connectivity index (χ2v) is 4.04. The fourth-order valence-corrected chi connectivity index (χ4v) is 1.69. The van der Waals surface area contributed by atoms with Crippen LogP contribution in [0.3, 0.4) is 0 Å². The van der Waals surface area contributed by atoms with E-state index in [0.717, 1.165) is 5.69 Å². The molecule has 2 aromatic rings. The maximum atomic E-state index is 11.9. The third-order valence-electron chi connectivity index (χ3n) is 2.73. The number of nitrogens with zero attached hydrogens (tertiary/aromatic N) is 1. The van der Waals surface area contributed by atoms with E-state index in [1.54, 1.807) is 30.7 Å². The van der Waals surface area contributed by atoms with E-state index < -0.39 is 0 Å². The summed E-state index contributed by atoms with van der Waals surface area (Å²) >= 11 is 0. The standard InChI is InChI=1S/C13H16N4O2/c1-19-12-6-9(2-3-11(12)14)13(18)16-5-4-10-7-15-8-17-10/h2-3,6-8H,4-5,14H2,1H3,(H,15,17)(H,16,18). The number of H-pyrrole nitrogens is 1. The molecule has 6 nitrogen and oxygen atoms in total. The third-order valence-corrected chi connectivity index (χ3v) is 2.73. The first-order valence-electron chi connectivity index (χ1n) is 5.89. The van der Waals surface area contributed by atoms with Gasteiger partial charge in [-0.3, -0.25) is 4.79 Å². The predicted octanol–water partition coefficient (Wildman–Crippen LogP) is 0.973. The zero-order valence-corrected chi connectivity index (χ0v) is 10.6. The highest BCUT2D eigenvalue weighted by Crippen LogP contribution is 2.21. The van der Waals surface area contributed by atoms with Crippen molar-refractivity contribution >= 4 is 11.6 Å². The average molecular weight is 260 g/mol. The average Bonchev–Trinajstić information content (AvgIpc) is 2.92. The van der Waals surface area contributed by atoms with Crippen LogP contribution in [0, 0.1) is 0 Å². The second kappa shape index (κ2) is 5.90. The van der Waals surface area contributed by atoms with Crippen molar-refractivity contribution < 1.29 is 9.53 Å². The fraction of sp³-hybridized carbons (Fsp3) is 0.231. The molecule has 0 unspecified atom stereocenters. The van der Waals surface area contributed by atoms with Crippen molar-refractivity contribution in [1.29, 1.82) is 0 Å². The smallest absolute Gasteiger partial charge is 0.251 e. The molecule has 0 bridgehead atoms. The molecule has 0 radical (unpaired) electrons. The molecule has 4 N–H and O–H groups in total. The molecular weight excluding hydrogens is 244 g/mol. The Bertz CT molecular complexity index is 552. The maximum Gasteiger partial charge on any atom is 0.251 e. The van der Waals surface area contributed by atoms with E-state index in [9.17, 15) is 4.79 Å². The minimum atomic E-state index is -0.155. The molecule has 100 valence electrons. The molecule has 2 rings (SSSR count). The van der Waals surface area contributed by atoms with Crippen molar-refractivity contribution in [3.63, 3.8) is 0 Å². The van der Waals surface area contributed by atoms with Gasteiger partial charge in [0.15, 0.2) is 0 Å². The lowest BCUT2D eigenvalue weighted by Crippen LogP contribution is -2.25. The minimum absolute atomic E-state index is 0.155. The number of rotatable bonds is 5. The van der Waals surface area contributed by atoms with Gasteiger partial charge in [0, 0.05) is 30.4 Å². The molecule has 0 atom stereocenters. The summed E-state index contributed by atoms with van der Waals surface area (Å²) in [4.78, 5) is 18.8. The van der Waals surface area contributed by atoms with Gasteiger partial charge in [-0.2, -0.15) is 0 Å². The number of amides is 1. The summed E-state index contributed by atoms with van der Waals surface area (Å²) in [6.07, 6.45) is 4.05. The topological polar surface area (TPSA) is 93.0 Å². The number of aromatic nitrogens is 2. The molecule has 0 aliphatic heterocycles. The van der Waals surface area contributed by atoms with E-state index in [2.05, 4.69) is 15.3 Å². The van der Waals surface area contributed by atoms with Gasteiger partial charge in [0.2, 0.25) is 0 Å². The van der Waals surface area contributed by atoms with Gasteiger partial charge in [-0.1, -0.05) is 0 Å². The van der Waals surface area contributed by atoms with Gasteiger partial charge in [-0.25, -0.2) is 4.98 Å². The summed E-state index contributed by atoms with van der Waals surface area (Å²) in [7, 11) is 1.52. The van der Waals surface area contributed by atoms with Crippen LogP contribution in [-0.2, 0) is 6.42 Å². The van der Waals surface area contributed by atoms with Crippen molar-refractivity contribution in [2.75, 3.05) is 19.4 Å². The van der Waals surface area contributed by atoms with Crippen molar-refractivity contribution in [2.24, 2.45) is 0 Å². The van der Waals surface area contributed by atoms with Gasteiger partial charge >= 0.3 is 0 Å².